The molecule has 0 unspecified atom stereocenters. The zero-order valence-corrected chi connectivity index (χ0v) is 10.5. The molecule has 0 heterocycles. The van der Waals surface area contributed by atoms with Gasteiger partial charge in [0.05, 0.1) is 8.07 Å². The van der Waals surface area contributed by atoms with Crippen molar-refractivity contribution in [1.82, 2.24) is 0 Å². The molecule has 1 rings (SSSR count). The highest BCUT2D eigenvalue weighted by Crippen LogP contribution is 2.07. The third-order valence-electron chi connectivity index (χ3n) is 2.17. The van der Waals surface area contributed by atoms with Gasteiger partial charge in [-0.2, -0.15) is 0 Å². The van der Waals surface area contributed by atoms with Gasteiger partial charge in [-0.3, -0.25) is 0 Å². The number of hydrogen-bond donors (Lipinski definition) is 0. The monoisotopic (exact) mass is 242 g/mol. The molecule has 0 bridgehead atoms. The second kappa shape index (κ2) is 3.75. The van der Waals surface area contributed by atoms with Crippen LogP contribution < -0.4 is 5.19 Å². The van der Waals surface area contributed by atoms with E-state index in [0.29, 0.717) is 0 Å². The van der Waals surface area contributed by atoms with Crippen LogP contribution in [0.3, 0.4) is 0 Å². The summed E-state index contributed by atoms with van der Waals surface area (Å²) in [5.41, 5.74) is 1.35. The van der Waals surface area contributed by atoms with E-state index in [1.807, 2.05) is 0 Å². The van der Waals surface area contributed by atoms with Gasteiger partial charge in [0.25, 0.3) is 0 Å². The third-order valence-corrected chi connectivity index (χ3v) is 8.94. The van der Waals surface area contributed by atoms with Crippen molar-refractivity contribution < 1.29 is 0 Å². The summed E-state index contributed by atoms with van der Waals surface area (Å²) >= 11 is 3.59. The van der Waals surface area contributed by atoms with E-state index in [1.54, 1.807) is 0 Å². The number of alkyl halides is 1. The molecule has 12 heavy (non-hydrogen) atoms. The Kier molecular flexibility index (Phi) is 3.13. The zero-order chi connectivity index (χ0) is 9.19. The van der Waals surface area contributed by atoms with Crippen LogP contribution in [0, 0.1) is 6.92 Å². The average molecular weight is 243 g/mol. The predicted molar refractivity (Wildman–Crippen MR) is 62.1 cm³/mol. The molecule has 0 aromatic heterocycles. The number of aryl methyl sites for hydroxylation is 1. The second-order valence-electron chi connectivity index (χ2n) is 3.88. The minimum absolute atomic E-state index is 1.14. The summed E-state index contributed by atoms with van der Waals surface area (Å²) in [5.74, 6) is 0. The molecule has 0 atom stereocenters. The maximum absolute atomic E-state index is 3.59. The van der Waals surface area contributed by atoms with Crippen molar-refractivity contribution in [1.29, 1.82) is 0 Å². The van der Waals surface area contributed by atoms with Gasteiger partial charge < -0.3 is 0 Å². The Morgan fingerprint density at radius 3 is 2.08 bits per heavy atom. The van der Waals surface area contributed by atoms with Crippen LogP contribution in [-0.4, -0.2) is 13.0 Å². The quantitative estimate of drug-likeness (QED) is 0.553. The van der Waals surface area contributed by atoms with Gasteiger partial charge in [-0.1, -0.05) is 64.0 Å². The Balaban J connectivity index is 2.96. The summed E-state index contributed by atoms with van der Waals surface area (Å²) in [6.07, 6.45) is 0. The summed E-state index contributed by atoms with van der Waals surface area (Å²) in [5, 5.41) is 1.53. The van der Waals surface area contributed by atoms with E-state index >= 15 is 0 Å². The van der Waals surface area contributed by atoms with Crippen LogP contribution >= 0.6 is 15.9 Å². The van der Waals surface area contributed by atoms with Crippen LogP contribution in [0.15, 0.2) is 24.3 Å². The lowest BCUT2D eigenvalue weighted by atomic mass is 10.2. The number of rotatable bonds is 2. The van der Waals surface area contributed by atoms with Crippen molar-refractivity contribution in [3.05, 3.63) is 29.8 Å². The minimum atomic E-state index is -1.16. The second-order valence-corrected chi connectivity index (χ2v) is 10.2. The van der Waals surface area contributed by atoms with E-state index in [9.17, 15) is 0 Å². The van der Waals surface area contributed by atoms with Crippen LogP contribution in [-0.2, 0) is 0 Å². The lowest BCUT2D eigenvalue weighted by Gasteiger charge is -2.19. The van der Waals surface area contributed by atoms with Crippen molar-refractivity contribution in [2.75, 3.05) is 4.95 Å². The van der Waals surface area contributed by atoms with Crippen molar-refractivity contribution in [3.63, 3.8) is 0 Å². The fraction of sp³-hybridized carbons (Fsp3) is 0.400. The van der Waals surface area contributed by atoms with Crippen molar-refractivity contribution in [3.8, 4) is 0 Å². The summed E-state index contributed by atoms with van der Waals surface area (Å²) in [6.45, 7) is 6.89. The summed E-state index contributed by atoms with van der Waals surface area (Å²) in [7, 11) is -1.16. The first-order valence-corrected chi connectivity index (χ1v) is 8.52. The average Bonchev–Trinajstić information content (AvgIpc) is 2.05. The van der Waals surface area contributed by atoms with E-state index < -0.39 is 8.07 Å². The molecule has 0 aliphatic carbocycles. The van der Waals surface area contributed by atoms with Crippen molar-refractivity contribution in [2.24, 2.45) is 0 Å². The molecule has 0 fully saturated rings. The van der Waals surface area contributed by atoms with E-state index in [2.05, 4.69) is 60.2 Å². The molecule has 1 aromatic carbocycles. The zero-order valence-electron chi connectivity index (χ0n) is 7.89. The third kappa shape index (κ3) is 2.20. The Morgan fingerprint density at radius 1 is 1.17 bits per heavy atom. The van der Waals surface area contributed by atoms with Gasteiger partial charge in [-0.05, 0) is 6.92 Å². The highest BCUT2D eigenvalue weighted by atomic mass is 79.9. The Labute approximate surface area is 84.1 Å². The summed E-state index contributed by atoms with van der Waals surface area (Å²) in [4.78, 5) is 1.14. The van der Waals surface area contributed by atoms with Crippen molar-refractivity contribution >= 4 is 29.2 Å². The van der Waals surface area contributed by atoms with E-state index in [1.165, 1.54) is 10.8 Å². The topological polar surface area (TPSA) is 0 Å². The van der Waals surface area contributed by atoms with Gasteiger partial charge in [0, 0.05) is 4.95 Å². The lowest BCUT2D eigenvalue weighted by molar-refractivity contribution is 1.48. The van der Waals surface area contributed by atoms with Crippen LogP contribution in [0.4, 0.5) is 0 Å². The Hall–Kier alpha value is -0.0831. The molecule has 2 heteroatoms. The van der Waals surface area contributed by atoms with Gasteiger partial charge in [0.1, 0.15) is 0 Å². The number of halogens is 1. The molecule has 0 N–H and O–H groups in total. The molecular formula is C10H15BrSi. The van der Waals surface area contributed by atoms with Gasteiger partial charge >= 0.3 is 0 Å². The fourth-order valence-electron chi connectivity index (χ4n) is 1.08. The Morgan fingerprint density at radius 2 is 1.67 bits per heavy atom. The van der Waals surface area contributed by atoms with Crippen molar-refractivity contribution in [2.45, 2.75) is 20.0 Å². The van der Waals surface area contributed by atoms with Crippen LogP contribution in [0.5, 0.6) is 0 Å². The van der Waals surface area contributed by atoms with Crippen LogP contribution in [0.25, 0.3) is 0 Å². The molecule has 0 saturated heterocycles. The minimum Gasteiger partial charge on any atom is -0.0958 e. The molecule has 0 aliphatic rings. The van der Waals surface area contributed by atoms with Gasteiger partial charge in [-0.15, -0.1) is 0 Å². The van der Waals surface area contributed by atoms with Gasteiger partial charge in [0.2, 0.25) is 0 Å². The molecule has 0 radical (unpaired) electrons. The van der Waals surface area contributed by atoms with E-state index in [-0.39, 0.29) is 0 Å². The maximum atomic E-state index is 3.59. The van der Waals surface area contributed by atoms with Crippen LogP contribution in [0.2, 0.25) is 13.1 Å². The summed E-state index contributed by atoms with van der Waals surface area (Å²) < 4.78 is 0. The normalized spacial score (nSPS) is 11.7. The molecule has 0 saturated carbocycles. The maximum Gasteiger partial charge on any atom is 0.0911 e. The standard InChI is InChI=1S/C10H15BrSi/c1-9-4-6-10(7-5-9)12(2,3)8-11/h4-7H,8H2,1-3H3. The molecule has 0 amide bonds. The molecule has 66 valence electrons. The predicted octanol–water partition coefficient (Wildman–Crippen LogP) is 2.84. The van der Waals surface area contributed by atoms with E-state index in [4.69, 9.17) is 0 Å². The number of benzene rings is 1. The first-order chi connectivity index (χ1) is 5.56. The first kappa shape index (κ1) is 10.0. The number of hydrogen-bond acceptors (Lipinski definition) is 0. The first-order valence-electron chi connectivity index (χ1n) is 4.19. The molecular weight excluding hydrogens is 228 g/mol. The smallest absolute Gasteiger partial charge is 0.0911 e. The Bertz CT molecular complexity index is 251. The van der Waals surface area contributed by atoms with E-state index in [0.717, 1.165) is 4.95 Å². The lowest BCUT2D eigenvalue weighted by Crippen LogP contribution is -2.43. The molecule has 0 nitrogen and oxygen atoms in total. The van der Waals surface area contributed by atoms with Crippen LogP contribution in [0.1, 0.15) is 5.56 Å². The molecule has 0 spiro atoms. The summed E-state index contributed by atoms with van der Waals surface area (Å²) in [6, 6.07) is 8.94. The SMILES string of the molecule is Cc1ccc([Si](C)(C)CBr)cc1. The largest absolute Gasteiger partial charge is 0.0958 e. The fourth-order valence-corrected chi connectivity index (χ4v) is 3.28. The van der Waals surface area contributed by atoms with Gasteiger partial charge in [-0.25, -0.2) is 0 Å². The molecule has 0 aliphatic heterocycles. The van der Waals surface area contributed by atoms with Gasteiger partial charge in [0.15, 0.2) is 0 Å². The highest BCUT2D eigenvalue weighted by molar-refractivity contribution is 9.09. The molecule has 1 aromatic rings. The highest BCUT2D eigenvalue weighted by Gasteiger charge is 2.20.